The van der Waals surface area contributed by atoms with Crippen LogP contribution in [0.2, 0.25) is 0 Å². The van der Waals surface area contributed by atoms with Crippen molar-refractivity contribution < 1.29 is 9.59 Å². The molecule has 0 bridgehead atoms. The third-order valence-corrected chi connectivity index (χ3v) is 5.72. The van der Waals surface area contributed by atoms with Crippen molar-refractivity contribution in [3.05, 3.63) is 71.8 Å². The number of aromatic nitrogens is 4. The number of aryl methyl sites for hydroxylation is 1. The lowest BCUT2D eigenvalue weighted by Gasteiger charge is -2.06. The van der Waals surface area contributed by atoms with Gasteiger partial charge in [0.2, 0.25) is 11.1 Å². The van der Waals surface area contributed by atoms with Crippen LogP contribution in [0.5, 0.6) is 0 Å². The summed E-state index contributed by atoms with van der Waals surface area (Å²) in [7, 11) is 0. The van der Waals surface area contributed by atoms with E-state index in [0.29, 0.717) is 22.1 Å². The molecule has 156 valence electrons. The average Bonchev–Trinajstić information content (AvgIpc) is 3.20. The molecular formula is C23H21N5O2S. The standard InChI is InChI=1S/C23H21N5O2S/c1-3-16-4-6-18(7-5-16)20-12-13-21-25-26-23(28(21)27-20)31-14-22(30)24-19-10-8-17(9-11-19)15(2)29/h4-13H,3,14H2,1-2H3,(H,24,30). The summed E-state index contributed by atoms with van der Waals surface area (Å²) in [5.41, 5.74) is 4.96. The van der Waals surface area contributed by atoms with E-state index in [9.17, 15) is 9.59 Å². The molecule has 1 amide bonds. The first kappa shape index (κ1) is 20.7. The third kappa shape index (κ3) is 4.80. The van der Waals surface area contributed by atoms with Crippen LogP contribution in [0, 0.1) is 0 Å². The van der Waals surface area contributed by atoms with Gasteiger partial charge >= 0.3 is 0 Å². The number of thioether (sulfide) groups is 1. The minimum atomic E-state index is -0.177. The summed E-state index contributed by atoms with van der Waals surface area (Å²) < 4.78 is 1.66. The summed E-state index contributed by atoms with van der Waals surface area (Å²) in [6.07, 6.45) is 0.988. The molecule has 4 aromatic rings. The number of hydrogen-bond donors (Lipinski definition) is 1. The van der Waals surface area contributed by atoms with Crippen LogP contribution in [0.3, 0.4) is 0 Å². The van der Waals surface area contributed by atoms with Gasteiger partial charge in [-0.25, -0.2) is 0 Å². The van der Waals surface area contributed by atoms with Crippen LogP contribution in [0.25, 0.3) is 16.9 Å². The molecule has 1 N–H and O–H groups in total. The van der Waals surface area contributed by atoms with E-state index in [1.165, 1.54) is 24.2 Å². The highest BCUT2D eigenvalue weighted by Gasteiger charge is 2.12. The predicted molar refractivity (Wildman–Crippen MR) is 121 cm³/mol. The van der Waals surface area contributed by atoms with Gasteiger partial charge in [-0.2, -0.15) is 9.61 Å². The lowest BCUT2D eigenvalue weighted by atomic mass is 10.1. The molecule has 4 rings (SSSR count). The molecule has 31 heavy (non-hydrogen) atoms. The van der Waals surface area contributed by atoms with Crippen molar-refractivity contribution >= 4 is 34.8 Å². The Morgan fingerprint density at radius 1 is 0.968 bits per heavy atom. The Hall–Kier alpha value is -3.52. The number of benzene rings is 2. The van der Waals surface area contributed by atoms with Crippen LogP contribution in [-0.2, 0) is 11.2 Å². The SMILES string of the molecule is CCc1ccc(-c2ccc3nnc(SCC(=O)Nc4ccc(C(C)=O)cc4)n3n2)cc1. The normalized spacial score (nSPS) is 10.9. The zero-order valence-corrected chi connectivity index (χ0v) is 18.0. The number of ketones is 1. The molecule has 0 aliphatic rings. The number of rotatable bonds is 7. The summed E-state index contributed by atoms with van der Waals surface area (Å²) in [5.74, 6) is -0.0317. The van der Waals surface area contributed by atoms with Crippen LogP contribution in [0.1, 0.15) is 29.8 Å². The highest BCUT2D eigenvalue weighted by Crippen LogP contribution is 2.21. The van der Waals surface area contributed by atoms with E-state index in [0.717, 1.165) is 17.7 Å². The van der Waals surface area contributed by atoms with Gasteiger partial charge in [0.25, 0.3) is 0 Å². The Bertz CT molecular complexity index is 1230. The van der Waals surface area contributed by atoms with Crippen molar-refractivity contribution in [3.8, 4) is 11.3 Å². The molecule has 2 heterocycles. The number of nitrogens with zero attached hydrogens (tertiary/aromatic N) is 4. The summed E-state index contributed by atoms with van der Waals surface area (Å²) in [5, 5.41) is 16.3. The van der Waals surface area contributed by atoms with Crippen molar-refractivity contribution in [2.45, 2.75) is 25.4 Å². The second-order valence-electron chi connectivity index (χ2n) is 6.99. The monoisotopic (exact) mass is 431 g/mol. The minimum absolute atomic E-state index is 0.0136. The number of carbonyl (C=O) groups excluding carboxylic acids is 2. The smallest absolute Gasteiger partial charge is 0.234 e. The van der Waals surface area contributed by atoms with E-state index in [1.54, 1.807) is 28.8 Å². The number of hydrogen-bond acceptors (Lipinski definition) is 6. The van der Waals surface area contributed by atoms with Crippen molar-refractivity contribution in [2.75, 3.05) is 11.1 Å². The molecule has 0 aliphatic carbocycles. The third-order valence-electron chi connectivity index (χ3n) is 4.80. The molecular weight excluding hydrogens is 410 g/mol. The van der Waals surface area contributed by atoms with Crippen molar-refractivity contribution in [1.82, 2.24) is 19.8 Å². The maximum Gasteiger partial charge on any atom is 0.234 e. The Morgan fingerprint density at radius 2 is 1.71 bits per heavy atom. The fourth-order valence-electron chi connectivity index (χ4n) is 3.04. The largest absolute Gasteiger partial charge is 0.325 e. The average molecular weight is 432 g/mol. The number of nitrogens with one attached hydrogen (secondary N) is 1. The van der Waals surface area contributed by atoms with E-state index in [-0.39, 0.29) is 17.4 Å². The van der Waals surface area contributed by atoms with Crippen LogP contribution in [-0.4, -0.2) is 37.3 Å². The minimum Gasteiger partial charge on any atom is -0.325 e. The van der Waals surface area contributed by atoms with Gasteiger partial charge < -0.3 is 5.32 Å². The lowest BCUT2D eigenvalue weighted by Crippen LogP contribution is -2.14. The molecule has 2 aromatic carbocycles. The van der Waals surface area contributed by atoms with Gasteiger partial charge in [-0.3, -0.25) is 9.59 Å². The quantitative estimate of drug-likeness (QED) is 0.347. The van der Waals surface area contributed by atoms with Gasteiger partial charge in [-0.1, -0.05) is 43.0 Å². The molecule has 0 fully saturated rings. The second kappa shape index (κ2) is 9.09. The summed E-state index contributed by atoms with van der Waals surface area (Å²) >= 11 is 1.26. The van der Waals surface area contributed by atoms with Crippen molar-refractivity contribution in [2.24, 2.45) is 0 Å². The number of Topliss-reactive ketones (excluding diaryl/α,β-unsaturated/α-hetero) is 1. The first-order chi connectivity index (χ1) is 15.0. The van der Waals surface area contributed by atoms with Crippen molar-refractivity contribution in [3.63, 3.8) is 0 Å². The van der Waals surface area contributed by atoms with Crippen molar-refractivity contribution in [1.29, 1.82) is 0 Å². The van der Waals surface area contributed by atoms with Gasteiger partial charge in [0.1, 0.15) is 0 Å². The first-order valence-electron chi connectivity index (χ1n) is 9.89. The van der Waals surface area contributed by atoms with Crippen LogP contribution in [0.15, 0.2) is 65.8 Å². The molecule has 0 saturated heterocycles. The van der Waals surface area contributed by atoms with E-state index in [4.69, 9.17) is 0 Å². The molecule has 0 aliphatic heterocycles. The van der Waals surface area contributed by atoms with E-state index >= 15 is 0 Å². The van der Waals surface area contributed by atoms with Gasteiger partial charge in [0, 0.05) is 16.8 Å². The molecule has 0 radical (unpaired) electrons. The predicted octanol–water partition coefficient (Wildman–Crippen LogP) is 4.29. The summed E-state index contributed by atoms with van der Waals surface area (Å²) in [6, 6.07) is 18.9. The van der Waals surface area contributed by atoms with Gasteiger partial charge in [0.05, 0.1) is 11.4 Å². The molecule has 0 saturated carbocycles. The Morgan fingerprint density at radius 3 is 2.39 bits per heavy atom. The second-order valence-corrected chi connectivity index (χ2v) is 7.93. The Labute approximate surface area is 183 Å². The first-order valence-corrected chi connectivity index (χ1v) is 10.9. The van der Waals surface area contributed by atoms with E-state index in [2.05, 4.69) is 51.8 Å². The number of anilines is 1. The summed E-state index contributed by atoms with van der Waals surface area (Å²) in [6.45, 7) is 3.63. The molecule has 0 atom stereocenters. The molecule has 8 heteroatoms. The number of carbonyl (C=O) groups is 2. The molecule has 0 spiro atoms. The zero-order chi connectivity index (χ0) is 21.8. The van der Waals surface area contributed by atoms with Gasteiger partial charge in [0.15, 0.2) is 11.4 Å². The van der Waals surface area contributed by atoms with Crippen LogP contribution in [0.4, 0.5) is 5.69 Å². The molecule has 7 nitrogen and oxygen atoms in total. The fourth-order valence-corrected chi connectivity index (χ4v) is 3.73. The topological polar surface area (TPSA) is 89.2 Å². The zero-order valence-electron chi connectivity index (χ0n) is 17.2. The maximum absolute atomic E-state index is 12.3. The summed E-state index contributed by atoms with van der Waals surface area (Å²) in [4.78, 5) is 23.7. The molecule has 0 unspecified atom stereocenters. The van der Waals surface area contributed by atoms with Crippen LogP contribution < -0.4 is 5.32 Å². The highest BCUT2D eigenvalue weighted by molar-refractivity contribution is 7.99. The van der Waals surface area contributed by atoms with Gasteiger partial charge in [-0.15, -0.1) is 10.2 Å². The van der Waals surface area contributed by atoms with Gasteiger partial charge in [-0.05, 0) is 55.3 Å². The Balaban J connectivity index is 1.45. The number of amides is 1. The Kier molecular flexibility index (Phi) is 6.08. The van der Waals surface area contributed by atoms with Crippen LogP contribution >= 0.6 is 11.8 Å². The fraction of sp³-hybridized carbons (Fsp3) is 0.174. The number of fused-ring (bicyclic) bond motifs is 1. The lowest BCUT2D eigenvalue weighted by molar-refractivity contribution is -0.113. The molecule has 2 aromatic heterocycles. The van der Waals surface area contributed by atoms with E-state index in [1.807, 2.05) is 12.1 Å². The van der Waals surface area contributed by atoms with E-state index < -0.39 is 0 Å². The maximum atomic E-state index is 12.3. The highest BCUT2D eigenvalue weighted by atomic mass is 32.2.